The van der Waals surface area contributed by atoms with Crippen molar-refractivity contribution < 1.29 is 60.0 Å². The van der Waals surface area contributed by atoms with Crippen molar-refractivity contribution in [3.05, 3.63) is 0 Å². The summed E-state index contributed by atoms with van der Waals surface area (Å²) in [4.78, 5) is 0. The molecule has 0 saturated heterocycles. The van der Waals surface area contributed by atoms with Crippen LogP contribution in [0.2, 0.25) is 0 Å². The molecule has 2 nitrogen and oxygen atoms in total. The summed E-state index contributed by atoms with van der Waals surface area (Å²) in [6.45, 7) is 0. The summed E-state index contributed by atoms with van der Waals surface area (Å²) < 4.78 is 0. The van der Waals surface area contributed by atoms with Crippen molar-refractivity contribution >= 4 is 13.5 Å². The Morgan fingerprint density at radius 3 is 0.800 bits per heavy atom. The van der Waals surface area contributed by atoms with Crippen LogP contribution in [-0.2, 0) is 73.5 Å². The smallest absolute Gasteiger partial charge is 2.00 e. The van der Waals surface area contributed by atoms with E-state index in [1.165, 1.54) is 0 Å². The Balaban J connectivity index is 0. The van der Waals surface area contributed by atoms with E-state index >= 15 is 0 Å². The monoisotopic (exact) mass is 226 g/mol. The third-order valence-corrected chi connectivity index (χ3v) is 0. The molecule has 0 N–H and O–H groups in total. The first-order valence-electron chi connectivity index (χ1n) is 0. The predicted octanol–water partition coefficient (Wildman–Crippen LogP) is -0.245. The maximum absolute atomic E-state index is 0. The Bertz CT molecular complexity index is 9.61. The molecule has 0 bridgehead atoms. The molecular formula is CdO2STi. The first-order chi connectivity index (χ1) is 0. The van der Waals surface area contributed by atoms with E-state index in [1.54, 1.807) is 0 Å². The quantitative estimate of drug-likeness (QED) is 0.510. The summed E-state index contributed by atoms with van der Waals surface area (Å²) in [5.41, 5.74) is 0. The van der Waals surface area contributed by atoms with Gasteiger partial charge in [-0.15, -0.1) is 0 Å². The molecule has 24 valence electrons. The van der Waals surface area contributed by atoms with Crippen molar-refractivity contribution in [1.29, 1.82) is 0 Å². The number of rotatable bonds is 0. The van der Waals surface area contributed by atoms with Gasteiger partial charge in [0.1, 0.15) is 0 Å². The third-order valence-electron chi connectivity index (χ3n) is 0. The molecule has 0 aliphatic rings. The molecule has 0 aliphatic carbocycles. The molecule has 0 rings (SSSR count). The van der Waals surface area contributed by atoms with Crippen LogP contribution in [0.4, 0.5) is 0 Å². The summed E-state index contributed by atoms with van der Waals surface area (Å²) in [5.74, 6) is 0. The normalized spacial score (nSPS) is 0. The van der Waals surface area contributed by atoms with Gasteiger partial charge in [0.2, 0.25) is 0 Å². The molecule has 5 heteroatoms. The molecule has 0 radical (unpaired) electrons. The molecule has 0 spiro atoms. The third kappa shape index (κ3) is 24.8. The van der Waals surface area contributed by atoms with E-state index < -0.39 is 0 Å². The van der Waals surface area contributed by atoms with Crippen molar-refractivity contribution in [3.8, 4) is 0 Å². The van der Waals surface area contributed by atoms with E-state index in [1.807, 2.05) is 0 Å². The molecule has 0 aromatic carbocycles. The van der Waals surface area contributed by atoms with E-state index in [9.17, 15) is 0 Å². The van der Waals surface area contributed by atoms with Crippen LogP contribution in [0.25, 0.3) is 0 Å². The first-order valence-corrected chi connectivity index (χ1v) is 0. The van der Waals surface area contributed by atoms with Crippen LogP contribution in [0.5, 0.6) is 0 Å². The molecule has 0 unspecified atom stereocenters. The van der Waals surface area contributed by atoms with Gasteiger partial charge in [-0.05, 0) is 0 Å². The van der Waals surface area contributed by atoms with Gasteiger partial charge in [0.25, 0.3) is 0 Å². The van der Waals surface area contributed by atoms with Crippen molar-refractivity contribution in [1.82, 2.24) is 0 Å². The van der Waals surface area contributed by atoms with Gasteiger partial charge < -0.3 is 24.4 Å². The molecule has 0 aromatic heterocycles. The van der Waals surface area contributed by atoms with Gasteiger partial charge in [-0.25, -0.2) is 0 Å². The fraction of sp³-hybridized carbons (Fsp3) is 0. The van der Waals surface area contributed by atoms with E-state index in [2.05, 4.69) is 0 Å². The SMILES string of the molecule is [Cd+2].[O-2].[O-2].[S-2].[Ti+4]. The average molecular weight is 224 g/mol. The second-order valence-electron chi connectivity index (χ2n) is 0. The van der Waals surface area contributed by atoms with Crippen LogP contribution in [0.15, 0.2) is 0 Å². The molecule has 0 heterocycles. The van der Waals surface area contributed by atoms with Gasteiger partial charge in [0.05, 0.1) is 0 Å². The molecule has 0 amide bonds. The predicted molar refractivity (Wildman–Crippen MR) is 8.74 cm³/mol. The molecule has 0 aromatic rings. The van der Waals surface area contributed by atoms with Crippen LogP contribution < -0.4 is 0 Å². The topological polar surface area (TPSA) is 57.0 Å². The first kappa shape index (κ1) is 66.3. The average Bonchev–Trinajstić information content (AvgIpc) is 0. The van der Waals surface area contributed by atoms with Crippen molar-refractivity contribution in [3.63, 3.8) is 0 Å². The molecule has 0 aliphatic heterocycles. The summed E-state index contributed by atoms with van der Waals surface area (Å²) in [7, 11) is 0. The molecule has 0 saturated carbocycles. The zero-order chi connectivity index (χ0) is 0. The largest absolute Gasteiger partial charge is 4.00 e. The van der Waals surface area contributed by atoms with Gasteiger partial charge in [0, 0.05) is 0 Å². The van der Waals surface area contributed by atoms with E-state index in [-0.39, 0.29) is 73.5 Å². The summed E-state index contributed by atoms with van der Waals surface area (Å²) >= 11 is 0. The van der Waals surface area contributed by atoms with Crippen LogP contribution >= 0.6 is 0 Å². The van der Waals surface area contributed by atoms with Gasteiger partial charge in [0.15, 0.2) is 0 Å². The summed E-state index contributed by atoms with van der Waals surface area (Å²) in [5, 5.41) is 0. The van der Waals surface area contributed by atoms with Crippen molar-refractivity contribution in [2.75, 3.05) is 0 Å². The molecule has 5 heavy (non-hydrogen) atoms. The minimum absolute atomic E-state index is 0. The second kappa shape index (κ2) is 39.1. The van der Waals surface area contributed by atoms with Gasteiger partial charge in [-0.1, -0.05) is 0 Å². The fourth-order valence-corrected chi connectivity index (χ4v) is 0. The Morgan fingerprint density at radius 2 is 0.800 bits per heavy atom. The van der Waals surface area contributed by atoms with E-state index in [0.717, 1.165) is 0 Å². The Labute approximate surface area is 72.8 Å². The van der Waals surface area contributed by atoms with Crippen molar-refractivity contribution in [2.24, 2.45) is 0 Å². The van der Waals surface area contributed by atoms with Crippen LogP contribution in [-0.4, -0.2) is 0 Å². The molecular weight excluding hydrogens is 224 g/mol. The van der Waals surface area contributed by atoms with Gasteiger partial charge in [-0.2, -0.15) is 0 Å². The second-order valence-corrected chi connectivity index (χ2v) is 0. The summed E-state index contributed by atoms with van der Waals surface area (Å²) in [6.07, 6.45) is 0. The fourth-order valence-electron chi connectivity index (χ4n) is 0. The van der Waals surface area contributed by atoms with Crippen LogP contribution in [0.3, 0.4) is 0 Å². The summed E-state index contributed by atoms with van der Waals surface area (Å²) in [6, 6.07) is 0. The maximum Gasteiger partial charge on any atom is 4.00 e. The molecule has 0 fully saturated rings. The van der Waals surface area contributed by atoms with Crippen LogP contribution in [0.1, 0.15) is 0 Å². The zero-order valence-electron chi connectivity index (χ0n) is 2.43. The Morgan fingerprint density at radius 1 is 0.800 bits per heavy atom. The molecule has 0 atom stereocenters. The zero-order valence-corrected chi connectivity index (χ0v) is 8.85. The standard InChI is InChI=1S/Cd.2O.S.Ti/q+2;3*-2;+4. The minimum Gasteiger partial charge on any atom is -2.00 e. The van der Waals surface area contributed by atoms with E-state index in [4.69, 9.17) is 0 Å². The van der Waals surface area contributed by atoms with Crippen LogP contribution in [0, 0.1) is 0 Å². The number of hydrogen-bond acceptors (Lipinski definition) is 0. The number of hydrogen-bond donors (Lipinski definition) is 0. The maximum atomic E-state index is 0. The van der Waals surface area contributed by atoms with Gasteiger partial charge >= 0.3 is 49.0 Å². The minimum atomic E-state index is 0. The van der Waals surface area contributed by atoms with Crippen molar-refractivity contribution in [2.45, 2.75) is 0 Å². The Kier molecular flexibility index (Phi) is 519. The Hall–Kier alpha value is 1.91. The van der Waals surface area contributed by atoms with Gasteiger partial charge in [-0.3, -0.25) is 0 Å². The van der Waals surface area contributed by atoms with E-state index in [0.29, 0.717) is 0 Å².